The lowest BCUT2D eigenvalue weighted by atomic mass is 10.1. The fraction of sp³-hybridized carbons (Fsp3) is 0.471. The Hall–Kier alpha value is -1.17. The monoisotopic (exact) mass is 353 g/mol. The van der Waals surface area contributed by atoms with Crippen molar-refractivity contribution in [1.29, 1.82) is 0 Å². The Morgan fingerprint density at radius 3 is 2.74 bits per heavy atom. The molecule has 0 atom stereocenters. The summed E-state index contributed by atoms with van der Waals surface area (Å²) < 4.78 is 5.31. The van der Waals surface area contributed by atoms with Crippen molar-refractivity contribution in [3.63, 3.8) is 0 Å². The quantitative estimate of drug-likeness (QED) is 0.259. The molecule has 6 heteroatoms. The minimum absolute atomic E-state index is 0.754. The van der Waals surface area contributed by atoms with Crippen molar-refractivity contribution < 1.29 is 4.74 Å². The number of halogens is 1. The second kappa shape index (κ2) is 10.6. The number of hydrogen-bond donors (Lipinski definition) is 2. The third-order valence-corrected chi connectivity index (χ3v) is 4.76. The highest BCUT2D eigenvalue weighted by atomic mass is 35.5. The number of benzene rings is 1. The van der Waals surface area contributed by atoms with E-state index < -0.39 is 0 Å². The fourth-order valence-electron chi connectivity index (χ4n) is 2.22. The Morgan fingerprint density at radius 1 is 1.26 bits per heavy atom. The topological polar surface area (TPSA) is 45.7 Å². The standard InChI is InChI=1S/C17H24ClN3OS/c1-19-17(20-9-6-14-7-11-22-12-8-14)21-10-13-23-16-4-2-15(18)3-5-16/h2-5,7H,6,8-13H2,1H3,(H2,19,20,21). The fourth-order valence-corrected chi connectivity index (χ4v) is 3.12. The van der Waals surface area contributed by atoms with Gasteiger partial charge in [0.25, 0.3) is 0 Å². The van der Waals surface area contributed by atoms with Gasteiger partial charge in [0.15, 0.2) is 5.96 Å². The number of guanidine groups is 1. The van der Waals surface area contributed by atoms with Gasteiger partial charge in [-0.15, -0.1) is 11.8 Å². The lowest BCUT2D eigenvalue weighted by molar-refractivity contribution is 0.153. The summed E-state index contributed by atoms with van der Waals surface area (Å²) in [4.78, 5) is 5.48. The molecule has 0 bridgehead atoms. The van der Waals surface area contributed by atoms with E-state index in [4.69, 9.17) is 16.3 Å². The van der Waals surface area contributed by atoms with Crippen LogP contribution in [-0.4, -0.2) is 45.1 Å². The highest BCUT2D eigenvalue weighted by Gasteiger charge is 2.04. The Balaban J connectivity index is 1.59. The van der Waals surface area contributed by atoms with Gasteiger partial charge in [-0.2, -0.15) is 0 Å². The summed E-state index contributed by atoms with van der Waals surface area (Å²) in [7, 11) is 1.80. The molecule has 2 N–H and O–H groups in total. The minimum Gasteiger partial charge on any atom is -0.377 e. The average molecular weight is 354 g/mol. The summed E-state index contributed by atoms with van der Waals surface area (Å²) in [5.41, 5.74) is 1.47. The van der Waals surface area contributed by atoms with Gasteiger partial charge in [0.2, 0.25) is 0 Å². The molecule has 0 radical (unpaired) electrons. The number of nitrogens with one attached hydrogen (secondary N) is 2. The largest absolute Gasteiger partial charge is 0.377 e. The molecule has 4 nitrogen and oxygen atoms in total. The number of aliphatic imine (C=N–C) groups is 1. The summed E-state index contributed by atoms with van der Waals surface area (Å²) in [6, 6.07) is 7.93. The van der Waals surface area contributed by atoms with Crippen molar-refractivity contribution in [1.82, 2.24) is 10.6 Å². The lowest BCUT2D eigenvalue weighted by Crippen LogP contribution is -2.39. The van der Waals surface area contributed by atoms with Crippen LogP contribution in [0.3, 0.4) is 0 Å². The van der Waals surface area contributed by atoms with Crippen molar-refractivity contribution in [2.45, 2.75) is 17.7 Å². The molecule has 1 heterocycles. The van der Waals surface area contributed by atoms with Crippen LogP contribution in [0.25, 0.3) is 0 Å². The molecule has 23 heavy (non-hydrogen) atoms. The molecule has 1 aliphatic heterocycles. The Kier molecular flexibility index (Phi) is 8.36. The molecule has 0 saturated heterocycles. The predicted molar refractivity (Wildman–Crippen MR) is 99.7 cm³/mol. The van der Waals surface area contributed by atoms with Gasteiger partial charge in [-0.3, -0.25) is 4.99 Å². The number of hydrogen-bond acceptors (Lipinski definition) is 3. The van der Waals surface area contributed by atoms with Crippen LogP contribution in [0.5, 0.6) is 0 Å². The van der Waals surface area contributed by atoms with Gasteiger partial charge in [0, 0.05) is 35.8 Å². The van der Waals surface area contributed by atoms with Gasteiger partial charge >= 0.3 is 0 Å². The first-order valence-electron chi connectivity index (χ1n) is 7.86. The maximum atomic E-state index is 5.88. The van der Waals surface area contributed by atoms with Gasteiger partial charge < -0.3 is 15.4 Å². The van der Waals surface area contributed by atoms with Crippen LogP contribution >= 0.6 is 23.4 Å². The van der Waals surface area contributed by atoms with Crippen LogP contribution in [0.15, 0.2) is 45.8 Å². The van der Waals surface area contributed by atoms with Crippen LogP contribution in [0.2, 0.25) is 5.02 Å². The molecule has 0 fully saturated rings. The second-order valence-corrected chi connectivity index (χ2v) is 6.77. The molecule has 0 unspecified atom stereocenters. The molecule has 0 aromatic heterocycles. The summed E-state index contributed by atoms with van der Waals surface area (Å²) in [5.74, 6) is 1.83. The second-order valence-electron chi connectivity index (χ2n) is 5.17. The lowest BCUT2D eigenvalue weighted by Gasteiger charge is -2.15. The first-order chi connectivity index (χ1) is 11.3. The van der Waals surface area contributed by atoms with Crippen LogP contribution in [0.1, 0.15) is 12.8 Å². The van der Waals surface area contributed by atoms with Gasteiger partial charge in [0.1, 0.15) is 0 Å². The van der Waals surface area contributed by atoms with E-state index in [9.17, 15) is 0 Å². The van der Waals surface area contributed by atoms with Gasteiger partial charge in [-0.1, -0.05) is 23.3 Å². The smallest absolute Gasteiger partial charge is 0.191 e. The third-order valence-electron chi connectivity index (χ3n) is 3.50. The molecule has 1 aromatic rings. The highest BCUT2D eigenvalue weighted by molar-refractivity contribution is 7.99. The molecule has 0 spiro atoms. The van der Waals surface area contributed by atoms with E-state index in [1.165, 1.54) is 10.5 Å². The van der Waals surface area contributed by atoms with E-state index in [1.54, 1.807) is 18.8 Å². The van der Waals surface area contributed by atoms with E-state index in [2.05, 4.69) is 21.7 Å². The zero-order chi connectivity index (χ0) is 16.3. The number of ether oxygens (including phenoxy) is 1. The average Bonchev–Trinajstić information content (AvgIpc) is 2.59. The minimum atomic E-state index is 0.754. The van der Waals surface area contributed by atoms with Crippen LogP contribution < -0.4 is 10.6 Å². The van der Waals surface area contributed by atoms with E-state index in [-0.39, 0.29) is 0 Å². The molecule has 0 amide bonds. The SMILES string of the molecule is CN=C(NCCSc1ccc(Cl)cc1)NCCC1=CCOCC1. The van der Waals surface area contributed by atoms with Crippen molar-refractivity contribution >= 4 is 29.3 Å². The third kappa shape index (κ3) is 7.29. The molecule has 1 aromatic carbocycles. The van der Waals surface area contributed by atoms with Crippen LogP contribution in [0.4, 0.5) is 0 Å². The maximum absolute atomic E-state index is 5.88. The Labute approximate surface area is 147 Å². The Bertz CT molecular complexity index is 531. The summed E-state index contributed by atoms with van der Waals surface area (Å²) in [6.45, 7) is 3.37. The summed E-state index contributed by atoms with van der Waals surface area (Å²) >= 11 is 7.68. The normalized spacial score (nSPS) is 15.2. The number of nitrogens with zero attached hydrogens (tertiary/aromatic N) is 1. The van der Waals surface area contributed by atoms with Gasteiger partial charge in [-0.25, -0.2) is 0 Å². The van der Waals surface area contributed by atoms with Crippen LogP contribution in [-0.2, 0) is 4.74 Å². The van der Waals surface area contributed by atoms with E-state index >= 15 is 0 Å². The maximum Gasteiger partial charge on any atom is 0.191 e. The van der Waals surface area contributed by atoms with Gasteiger partial charge in [-0.05, 0) is 37.1 Å². The summed E-state index contributed by atoms with van der Waals surface area (Å²) in [6.07, 6.45) is 4.28. The predicted octanol–water partition coefficient (Wildman–Crippen LogP) is 3.33. The number of rotatable bonds is 7. The van der Waals surface area contributed by atoms with E-state index in [0.717, 1.165) is 55.9 Å². The molecule has 0 saturated carbocycles. The molecular weight excluding hydrogens is 330 g/mol. The molecule has 2 rings (SSSR count). The first kappa shape index (κ1) is 18.2. The zero-order valence-electron chi connectivity index (χ0n) is 13.5. The zero-order valence-corrected chi connectivity index (χ0v) is 15.1. The molecule has 1 aliphatic rings. The molecule has 126 valence electrons. The highest BCUT2D eigenvalue weighted by Crippen LogP contribution is 2.19. The first-order valence-corrected chi connectivity index (χ1v) is 9.23. The van der Waals surface area contributed by atoms with E-state index in [1.807, 2.05) is 24.3 Å². The molecular formula is C17H24ClN3OS. The van der Waals surface area contributed by atoms with Gasteiger partial charge in [0.05, 0.1) is 13.2 Å². The summed E-state index contributed by atoms with van der Waals surface area (Å²) in [5, 5.41) is 7.46. The van der Waals surface area contributed by atoms with Crippen LogP contribution in [0, 0.1) is 0 Å². The van der Waals surface area contributed by atoms with Crippen molar-refractivity contribution in [3.05, 3.63) is 40.9 Å². The van der Waals surface area contributed by atoms with E-state index in [0.29, 0.717) is 0 Å². The van der Waals surface area contributed by atoms with Crippen molar-refractivity contribution in [2.75, 3.05) is 39.1 Å². The number of thioether (sulfide) groups is 1. The van der Waals surface area contributed by atoms with Crippen molar-refractivity contribution in [2.24, 2.45) is 4.99 Å². The molecule has 0 aliphatic carbocycles. The Morgan fingerprint density at radius 2 is 2.04 bits per heavy atom. The van der Waals surface area contributed by atoms with Crippen molar-refractivity contribution in [3.8, 4) is 0 Å².